The number of amides is 1. The quantitative estimate of drug-likeness (QED) is 0.742. The summed E-state index contributed by atoms with van der Waals surface area (Å²) in [6.07, 6.45) is 1.87. The first-order valence-electron chi connectivity index (χ1n) is 9.24. The number of nitrogens with zero attached hydrogens (tertiary/aromatic N) is 3. The van der Waals surface area contributed by atoms with Crippen LogP contribution in [-0.4, -0.2) is 38.8 Å². The molecule has 5 nitrogen and oxygen atoms in total. The van der Waals surface area contributed by atoms with Crippen LogP contribution in [0.2, 0.25) is 0 Å². The summed E-state index contributed by atoms with van der Waals surface area (Å²) >= 11 is 1.64. The summed E-state index contributed by atoms with van der Waals surface area (Å²) in [7, 11) is 0. The Labute approximate surface area is 157 Å². The van der Waals surface area contributed by atoms with E-state index in [2.05, 4.69) is 29.9 Å². The molecule has 136 valence electrons. The Balaban J connectivity index is 1.47. The molecule has 0 atom stereocenters. The monoisotopic (exact) mass is 368 g/mol. The van der Waals surface area contributed by atoms with Gasteiger partial charge in [0, 0.05) is 23.9 Å². The lowest BCUT2D eigenvalue weighted by molar-refractivity contribution is 0.0704. The number of fused-ring (bicyclic) bond motifs is 1. The van der Waals surface area contributed by atoms with Gasteiger partial charge in [0.05, 0.1) is 16.0 Å². The Kier molecular flexibility index (Phi) is 4.53. The third-order valence-corrected chi connectivity index (χ3v) is 6.34. The lowest BCUT2D eigenvalue weighted by atomic mass is 9.96. The summed E-state index contributed by atoms with van der Waals surface area (Å²) < 4.78 is 0. The van der Waals surface area contributed by atoms with Crippen LogP contribution >= 0.6 is 11.3 Å². The van der Waals surface area contributed by atoms with Crippen LogP contribution in [0, 0.1) is 6.92 Å². The van der Waals surface area contributed by atoms with E-state index in [1.807, 2.05) is 30.0 Å². The molecule has 26 heavy (non-hydrogen) atoms. The number of hydrogen-bond acceptors (Lipinski definition) is 4. The average molecular weight is 369 g/mol. The number of H-pyrrole nitrogens is 1. The van der Waals surface area contributed by atoms with Gasteiger partial charge in [0.1, 0.15) is 11.5 Å². The molecule has 6 heteroatoms. The van der Waals surface area contributed by atoms with Gasteiger partial charge in [0.15, 0.2) is 0 Å². The maximum Gasteiger partial charge on any atom is 0.273 e. The molecule has 3 aromatic rings. The highest BCUT2D eigenvalue weighted by Gasteiger charge is 2.29. The predicted molar refractivity (Wildman–Crippen MR) is 105 cm³/mol. The number of nitrogens with one attached hydrogen (secondary N) is 1. The number of aryl methyl sites for hydroxylation is 1. The number of imidazole rings is 1. The largest absolute Gasteiger partial charge is 0.342 e. The average Bonchev–Trinajstić information content (AvgIpc) is 3.25. The zero-order valence-electron chi connectivity index (χ0n) is 15.5. The Morgan fingerprint density at radius 3 is 2.65 bits per heavy atom. The van der Waals surface area contributed by atoms with E-state index < -0.39 is 0 Å². The van der Waals surface area contributed by atoms with Crippen molar-refractivity contribution in [2.45, 2.75) is 45.4 Å². The molecule has 4 rings (SSSR count). The molecule has 0 spiro atoms. The molecule has 1 aliphatic heterocycles. The highest BCUT2D eigenvalue weighted by atomic mass is 32.1. The van der Waals surface area contributed by atoms with Gasteiger partial charge in [0.25, 0.3) is 5.91 Å². The van der Waals surface area contributed by atoms with Crippen LogP contribution in [0.4, 0.5) is 0 Å². The smallest absolute Gasteiger partial charge is 0.273 e. The molecular weight excluding hydrogens is 344 g/mol. The summed E-state index contributed by atoms with van der Waals surface area (Å²) in [5.41, 5.74) is 2.76. The van der Waals surface area contributed by atoms with Gasteiger partial charge in [-0.25, -0.2) is 9.97 Å². The number of aromatic amines is 1. The summed E-state index contributed by atoms with van der Waals surface area (Å²) in [5, 5.41) is 0.967. The highest BCUT2D eigenvalue weighted by Crippen LogP contribution is 2.31. The number of hydrogen-bond donors (Lipinski definition) is 1. The van der Waals surface area contributed by atoms with Crippen LogP contribution in [0.5, 0.6) is 0 Å². The van der Waals surface area contributed by atoms with Crippen LogP contribution in [-0.2, 0) is 0 Å². The maximum atomic E-state index is 13.0. The van der Waals surface area contributed by atoms with E-state index in [0.717, 1.165) is 52.7 Å². The van der Waals surface area contributed by atoms with Crippen molar-refractivity contribution < 1.29 is 4.79 Å². The Morgan fingerprint density at radius 2 is 1.96 bits per heavy atom. The van der Waals surface area contributed by atoms with Crippen molar-refractivity contribution in [1.29, 1.82) is 0 Å². The second-order valence-electron chi connectivity index (χ2n) is 7.31. The third kappa shape index (κ3) is 3.14. The van der Waals surface area contributed by atoms with Gasteiger partial charge < -0.3 is 9.88 Å². The summed E-state index contributed by atoms with van der Waals surface area (Å²) in [5.74, 6) is 1.84. The van der Waals surface area contributed by atoms with Crippen LogP contribution in [0.1, 0.15) is 64.7 Å². The van der Waals surface area contributed by atoms with E-state index in [4.69, 9.17) is 4.98 Å². The van der Waals surface area contributed by atoms with E-state index >= 15 is 0 Å². The van der Waals surface area contributed by atoms with Crippen LogP contribution in [0.15, 0.2) is 24.3 Å². The van der Waals surface area contributed by atoms with Gasteiger partial charge in [-0.05, 0) is 37.8 Å². The van der Waals surface area contributed by atoms with Crippen LogP contribution < -0.4 is 0 Å². The minimum absolute atomic E-state index is 0.0844. The number of likely N-dealkylation sites (tertiary alicyclic amines) is 1. The van der Waals surface area contributed by atoms with Gasteiger partial charge in [-0.3, -0.25) is 4.79 Å². The number of carbonyl (C=O) groups is 1. The minimum atomic E-state index is 0.0844. The fourth-order valence-corrected chi connectivity index (χ4v) is 4.58. The molecule has 1 aliphatic rings. The van der Waals surface area contributed by atoms with Crippen molar-refractivity contribution >= 4 is 28.3 Å². The van der Waals surface area contributed by atoms with Crippen LogP contribution in [0.25, 0.3) is 11.0 Å². The lowest BCUT2D eigenvalue weighted by Gasteiger charge is -2.31. The molecule has 0 saturated carbocycles. The van der Waals surface area contributed by atoms with Gasteiger partial charge in [-0.2, -0.15) is 0 Å². The van der Waals surface area contributed by atoms with Gasteiger partial charge in [0.2, 0.25) is 0 Å². The summed E-state index contributed by atoms with van der Waals surface area (Å²) in [6, 6.07) is 8.12. The standard InChI is InChI=1S/C20H24N4OS/c1-12(2)18-17(21-13(3)26-18)20(25)24-10-8-14(9-11-24)19-22-15-6-4-5-7-16(15)23-19/h4-7,12,14H,8-11H2,1-3H3,(H,22,23). The molecule has 0 aliphatic carbocycles. The SMILES string of the molecule is Cc1nc(C(=O)N2CCC(c3nc4ccccc4[nH]3)CC2)c(C(C)C)s1. The van der Waals surface area contributed by atoms with E-state index in [0.29, 0.717) is 17.5 Å². The normalized spacial score (nSPS) is 15.9. The zero-order valence-corrected chi connectivity index (χ0v) is 16.3. The Hall–Kier alpha value is -2.21. The number of benzene rings is 1. The van der Waals surface area contributed by atoms with E-state index in [1.54, 1.807) is 11.3 Å². The molecular formula is C20H24N4OS. The molecule has 1 saturated heterocycles. The van der Waals surface area contributed by atoms with Gasteiger partial charge in [-0.1, -0.05) is 26.0 Å². The number of carbonyl (C=O) groups excluding carboxylic acids is 1. The van der Waals surface area contributed by atoms with Crippen molar-refractivity contribution in [3.63, 3.8) is 0 Å². The second-order valence-corrected chi connectivity index (χ2v) is 8.54. The number of thiazole rings is 1. The molecule has 1 fully saturated rings. The van der Waals surface area contributed by atoms with E-state index in [1.165, 1.54) is 0 Å². The molecule has 1 N–H and O–H groups in total. The molecule has 1 aromatic carbocycles. The second kappa shape index (κ2) is 6.83. The first-order chi connectivity index (χ1) is 12.5. The number of para-hydroxylation sites is 2. The van der Waals surface area contributed by atoms with Crippen molar-refractivity contribution in [3.8, 4) is 0 Å². The highest BCUT2D eigenvalue weighted by molar-refractivity contribution is 7.12. The van der Waals surface area contributed by atoms with Crippen LogP contribution in [0.3, 0.4) is 0 Å². The molecule has 0 bridgehead atoms. The summed E-state index contributed by atoms with van der Waals surface area (Å²) in [4.78, 5) is 28.7. The maximum absolute atomic E-state index is 13.0. The predicted octanol–water partition coefficient (Wildman–Crippen LogP) is 4.47. The minimum Gasteiger partial charge on any atom is -0.342 e. The topological polar surface area (TPSA) is 61.9 Å². The van der Waals surface area contributed by atoms with Crippen molar-refractivity contribution in [1.82, 2.24) is 19.9 Å². The molecule has 3 heterocycles. The molecule has 0 radical (unpaired) electrons. The number of aromatic nitrogens is 3. The van der Waals surface area contributed by atoms with Crippen molar-refractivity contribution in [3.05, 3.63) is 45.7 Å². The number of rotatable bonds is 3. The van der Waals surface area contributed by atoms with E-state index in [-0.39, 0.29) is 5.91 Å². The molecule has 2 aromatic heterocycles. The number of piperidine rings is 1. The zero-order chi connectivity index (χ0) is 18.3. The van der Waals surface area contributed by atoms with Crippen molar-refractivity contribution in [2.24, 2.45) is 0 Å². The van der Waals surface area contributed by atoms with E-state index in [9.17, 15) is 4.79 Å². The first-order valence-corrected chi connectivity index (χ1v) is 10.1. The van der Waals surface area contributed by atoms with Gasteiger partial charge >= 0.3 is 0 Å². The van der Waals surface area contributed by atoms with Gasteiger partial charge in [-0.15, -0.1) is 11.3 Å². The fourth-order valence-electron chi connectivity index (χ4n) is 3.66. The molecule has 1 amide bonds. The first kappa shape index (κ1) is 17.2. The molecule has 0 unspecified atom stereocenters. The fraction of sp³-hybridized carbons (Fsp3) is 0.450. The Bertz CT molecular complexity index is 901. The summed E-state index contributed by atoms with van der Waals surface area (Å²) in [6.45, 7) is 7.74. The third-order valence-electron chi connectivity index (χ3n) is 5.06. The van der Waals surface area contributed by atoms with Crippen molar-refractivity contribution in [2.75, 3.05) is 13.1 Å². The Morgan fingerprint density at radius 1 is 1.23 bits per heavy atom. The lowest BCUT2D eigenvalue weighted by Crippen LogP contribution is -2.38.